The Morgan fingerprint density at radius 1 is 1.31 bits per heavy atom. The number of amides is 2. The number of nitrogens with one attached hydrogen (secondary N) is 1. The maximum absolute atomic E-state index is 12.4. The molecule has 3 rings (SSSR count). The molecule has 0 aliphatic carbocycles. The van der Waals surface area contributed by atoms with E-state index in [-0.39, 0.29) is 30.7 Å². The highest BCUT2D eigenvalue weighted by atomic mass is 16.5. The van der Waals surface area contributed by atoms with Gasteiger partial charge in [0.15, 0.2) is 12.4 Å². The van der Waals surface area contributed by atoms with E-state index in [2.05, 4.69) is 10.3 Å². The number of hydrogen-bond donors (Lipinski definition) is 1. The van der Waals surface area contributed by atoms with Crippen LogP contribution in [0.15, 0.2) is 36.5 Å². The van der Waals surface area contributed by atoms with Crippen LogP contribution in [-0.4, -0.2) is 35.7 Å². The monoisotopic (exact) mass is 353 g/mol. The van der Waals surface area contributed by atoms with Gasteiger partial charge in [0.2, 0.25) is 5.91 Å². The summed E-state index contributed by atoms with van der Waals surface area (Å²) in [5.74, 6) is 0.165. The quantitative estimate of drug-likeness (QED) is 0.834. The van der Waals surface area contributed by atoms with Crippen LogP contribution in [0, 0.1) is 6.92 Å². The minimum Gasteiger partial charge on any atom is -0.482 e. The molecule has 26 heavy (non-hydrogen) atoms. The zero-order valence-electron chi connectivity index (χ0n) is 14.6. The van der Waals surface area contributed by atoms with Gasteiger partial charge in [-0.25, -0.2) is 4.98 Å². The summed E-state index contributed by atoms with van der Waals surface area (Å²) < 4.78 is 5.41. The van der Waals surface area contributed by atoms with Crippen molar-refractivity contribution >= 4 is 29.1 Å². The number of carbonyl (C=O) groups excluding carboxylic acids is 3. The minimum atomic E-state index is -0.375. The summed E-state index contributed by atoms with van der Waals surface area (Å²) in [4.78, 5) is 42.1. The van der Waals surface area contributed by atoms with Crippen LogP contribution in [-0.2, 0) is 9.59 Å². The summed E-state index contributed by atoms with van der Waals surface area (Å²) in [6.45, 7) is 3.27. The Morgan fingerprint density at radius 3 is 2.85 bits per heavy atom. The molecule has 0 saturated carbocycles. The fourth-order valence-electron chi connectivity index (χ4n) is 2.68. The highest BCUT2D eigenvalue weighted by Crippen LogP contribution is 2.33. The predicted octanol–water partition coefficient (Wildman–Crippen LogP) is 2.35. The molecule has 0 unspecified atom stereocenters. The number of aryl methyl sites for hydroxylation is 1. The highest BCUT2D eigenvalue weighted by molar-refractivity contribution is 6.06. The van der Waals surface area contributed by atoms with E-state index in [0.717, 1.165) is 5.56 Å². The topological polar surface area (TPSA) is 88.6 Å². The molecule has 0 fully saturated rings. The van der Waals surface area contributed by atoms with Crippen LogP contribution in [0.3, 0.4) is 0 Å². The number of nitrogens with zero attached hydrogens (tertiary/aromatic N) is 2. The number of carbonyl (C=O) groups is 3. The largest absolute Gasteiger partial charge is 0.482 e. The number of Topliss-reactive ketones (excluding diaryl/α,β-unsaturated/α-hetero) is 1. The number of rotatable bonds is 5. The van der Waals surface area contributed by atoms with Crippen LogP contribution in [0.25, 0.3) is 0 Å². The molecule has 134 valence electrons. The van der Waals surface area contributed by atoms with Gasteiger partial charge in [-0.3, -0.25) is 19.3 Å². The first kappa shape index (κ1) is 17.6. The van der Waals surface area contributed by atoms with Crippen molar-refractivity contribution in [2.75, 3.05) is 23.4 Å². The first-order valence-electron chi connectivity index (χ1n) is 8.31. The molecule has 1 aliphatic heterocycles. The minimum absolute atomic E-state index is 0.0423. The van der Waals surface area contributed by atoms with Crippen molar-refractivity contribution in [3.63, 3.8) is 0 Å². The number of anilines is 2. The van der Waals surface area contributed by atoms with Crippen molar-refractivity contribution in [2.45, 2.75) is 20.3 Å². The first-order chi connectivity index (χ1) is 12.5. The zero-order valence-corrected chi connectivity index (χ0v) is 14.6. The summed E-state index contributed by atoms with van der Waals surface area (Å²) in [6, 6.07) is 8.52. The molecule has 7 heteroatoms. The normalized spacial score (nSPS) is 13.0. The summed E-state index contributed by atoms with van der Waals surface area (Å²) in [6.07, 6.45) is 1.94. The van der Waals surface area contributed by atoms with Crippen molar-refractivity contribution < 1.29 is 19.1 Å². The summed E-state index contributed by atoms with van der Waals surface area (Å²) in [5.41, 5.74) is 1.73. The van der Waals surface area contributed by atoms with E-state index in [0.29, 0.717) is 29.2 Å². The second-order valence-corrected chi connectivity index (χ2v) is 5.94. The third-order valence-electron chi connectivity index (χ3n) is 4.11. The lowest BCUT2D eigenvalue weighted by atomic mass is 10.1. The summed E-state index contributed by atoms with van der Waals surface area (Å²) >= 11 is 0. The molecule has 1 aromatic carbocycles. The van der Waals surface area contributed by atoms with Crippen molar-refractivity contribution in [3.05, 3.63) is 47.7 Å². The molecular weight excluding hydrogens is 334 g/mol. The molecule has 0 atom stereocenters. The second kappa shape index (κ2) is 7.35. The molecule has 1 N–H and O–H groups in total. The number of fused-ring (bicyclic) bond motifs is 1. The Bertz CT molecular complexity index is 879. The van der Waals surface area contributed by atoms with Crippen molar-refractivity contribution in [2.24, 2.45) is 0 Å². The van der Waals surface area contributed by atoms with Crippen LogP contribution >= 0.6 is 0 Å². The summed E-state index contributed by atoms with van der Waals surface area (Å²) in [5, 5.41) is 2.71. The molecule has 2 amide bonds. The van der Waals surface area contributed by atoms with Crippen LogP contribution in [0.2, 0.25) is 0 Å². The SMILES string of the molecule is CCC(=O)c1ccc2c(c1)N(CC(=O)Nc1ncccc1C)C(=O)CO2. The molecule has 7 nitrogen and oxygen atoms in total. The molecule has 1 aromatic heterocycles. The average Bonchev–Trinajstić information content (AvgIpc) is 2.65. The van der Waals surface area contributed by atoms with Gasteiger partial charge in [0.05, 0.1) is 5.69 Å². The average molecular weight is 353 g/mol. The fraction of sp³-hybridized carbons (Fsp3) is 0.263. The van der Waals surface area contributed by atoms with Crippen LogP contribution < -0.4 is 15.0 Å². The molecular formula is C19H19N3O4. The van der Waals surface area contributed by atoms with Gasteiger partial charge in [0.25, 0.3) is 5.91 Å². The van der Waals surface area contributed by atoms with Gasteiger partial charge < -0.3 is 10.1 Å². The van der Waals surface area contributed by atoms with E-state index in [9.17, 15) is 14.4 Å². The van der Waals surface area contributed by atoms with Gasteiger partial charge in [-0.05, 0) is 36.8 Å². The molecule has 0 saturated heterocycles. The lowest BCUT2D eigenvalue weighted by Crippen LogP contribution is -2.43. The van der Waals surface area contributed by atoms with Gasteiger partial charge in [0, 0.05) is 18.2 Å². The zero-order chi connectivity index (χ0) is 18.7. The number of ether oxygens (including phenoxy) is 1. The van der Waals surface area contributed by atoms with Gasteiger partial charge in [0.1, 0.15) is 18.1 Å². The van der Waals surface area contributed by atoms with Gasteiger partial charge in [-0.15, -0.1) is 0 Å². The Labute approximate surface area is 151 Å². The Kier molecular flexibility index (Phi) is 4.97. The maximum atomic E-state index is 12.4. The van der Waals surface area contributed by atoms with Crippen LogP contribution in [0.5, 0.6) is 5.75 Å². The van der Waals surface area contributed by atoms with E-state index < -0.39 is 0 Å². The van der Waals surface area contributed by atoms with E-state index in [1.165, 1.54) is 4.90 Å². The third-order valence-corrected chi connectivity index (χ3v) is 4.11. The molecule has 0 bridgehead atoms. The van der Waals surface area contributed by atoms with Crippen LogP contribution in [0.1, 0.15) is 29.3 Å². The van der Waals surface area contributed by atoms with Crippen molar-refractivity contribution in [1.29, 1.82) is 0 Å². The number of pyridine rings is 1. The van der Waals surface area contributed by atoms with Crippen molar-refractivity contribution in [1.82, 2.24) is 4.98 Å². The maximum Gasteiger partial charge on any atom is 0.265 e. The lowest BCUT2D eigenvalue weighted by molar-refractivity contribution is -0.123. The van der Waals surface area contributed by atoms with Gasteiger partial charge in [-0.2, -0.15) is 0 Å². The lowest BCUT2D eigenvalue weighted by Gasteiger charge is -2.29. The van der Waals surface area contributed by atoms with Gasteiger partial charge in [-0.1, -0.05) is 13.0 Å². The summed E-state index contributed by atoms with van der Waals surface area (Å²) in [7, 11) is 0. The first-order valence-corrected chi connectivity index (χ1v) is 8.31. The highest BCUT2D eigenvalue weighted by Gasteiger charge is 2.28. The third kappa shape index (κ3) is 3.56. The molecule has 2 heterocycles. The van der Waals surface area contributed by atoms with E-state index in [4.69, 9.17) is 4.74 Å². The Balaban J connectivity index is 1.84. The molecule has 2 aromatic rings. The second-order valence-electron chi connectivity index (χ2n) is 5.94. The molecule has 1 aliphatic rings. The number of ketones is 1. The number of benzene rings is 1. The van der Waals surface area contributed by atoms with Crippen LogP contribution in [0.4, 0.5) is 11.5 Å². The smallest absolute Gasteiger partial charge is 0.265 e. The Morgan fingerprint density at radius 2 is 2.12 bits per heavy atom. The van der Waals surface area contributed by atoms with E-state index in [1.807, 2.05) is 13.0 Å². The number of aromatic nitrogens is 1. The van der Waals surface area contributed by atoms with Gasteiger partial charge >= 0.3 is 0 Å². The molecule has 0 radical (unpaired) electrons. The predicted molar refractivity (Wildman–Crippen MR) is 96.5 cm³/mol. The fourth-order valence-corrected chi connectivity index (χ4v) is 2.68. The van der Waals surface area contributed by atoms with E-state index in [1.54, 1.807) is 37.4 Å². The van der Waals surface area contributed by atoms with Crippen molar-refractivity contribution in [3.8, 4) is 5.75 Å². The Hall–Kier alpha value is -3.22. The standard InChI is InChI=1S/C19H19N3O4/c1-3-15(23)13-6-7-16-14(9-13)22(18(25)11-26-16)10-17(24)21-19-12(2)5-4-8-20-19/h4-9H,3,10-11H2,1-2H3,(H,20,21,24). The molecule has 0 spiro atoms. The van der Waals surface area contributed by atoms with E-state index >= 15 is 0 Å². The number of hydrogen-bond acceptors (Lipinski definition) is 5.